The van der Waals surface area contributed by atoms with Gasteiger partial charge in [-0.3, -0.25) is 10.1 Å². The zero-order chi connectivity index (χ0) is 14.0. The summed E-state index contributed by atoms with van der Waals surface area (Å²) in [4.78, 5) is 12.7. The summed E-state index contributed by atoms with van der Waals surface area (Å²) in [6.07, 6.45) is 0.263. The summed E-state index contributed by atoms with van der Waals surface area (Å²) in [6.45, 7) is 2.73. The number of hydrogen-bond acceptors (Lipinski definition) is 5. The molecule has 3 atom stereocenters. The van der Waals surface area contributed by atoms with E-state index in [4.69, 9.17) is 9.47 Å². The van der Waals surface area contributed by atoms with Crippen LogP contribution < -0.4 is 9.47 Å². The molecule has 0 spiro atoms. The van der Waals surface area contributed by atoms with E-state index in [-0.39, 0.29) is 11.0 Å². The highest BCUT2D eigenvalue weighted by atomic mass is 16.6. The van der Waals surface area contributed by atoms with Crippen LogP contribution in [-0.2, 0) is 0 Å². The van der Waals surface area contributed by atoms with Crippen molar-refractivity contribution in [2.45, 2.75) is 25.6 Å². The van der Waals surface area contributed by atoms with E-state index >= 15 is 0 Å². The second-order valence-corrected chi connectivity index (χ2v) is 4.53. The van der Waals surface area contributed by atoms with Gasteiger partial charge < -0.3 is 9.47 Å². The smallest absolute Gasteiger partial charge is 0.289 e. The van der Waals surface area contributed by atoms with E-state index in [0.29, 0.717) is 11.5 Å². The molecule has 6 heteroatoms. The van der Waals surface area contributed by atoms with Crippen molar-refractivity contribution in [3.8, 4) is 11.5 Å². The molecule has 2 rings (SSSR count). The summed E-state index contributed by atoms with van der Waals surface area (Å²) in [6, 6.07) is 5.24. The summed E-state index contributed by atoms with van der Waals surface area (Å²) in [5, 5.41) is 11.0. The maximum atomic E-state index is 11.0. The van der Waals surface area contributed by atoms with Gasteiger partial charge in [-0.15, -0.1) is 0 Å². The van der Waals surface area contributed by atoms with Gasteiger partial charge in [0.1, 0.15) is 17.5 Å². The molecule has 1 heterocycles. The molecule has 1 fully saturated rings. The van der Waals surface area contributed by atoms with E-state index in [1.165, 1.54) is 0 Å². The third-order valence-electron chi connectivity index (χ3n) is 3.30. The third kappa shape index (κ3) is 2.63. The summed E-state index contributed by atoms with van der Waals surface area (Å²) >= 11 is 0. The normalized spacial score (nSPS) is 24.9. The van der Waals surface area contributed by atoms with Gasteiger partial charge in [0.15, 0.2) is 0 Å². The highest BCUT2D eigenvalue weighted by molar-refractivity contribution is 5.41. The standard InChI is InChI=1S/C13H18N2O4/c1-4-5-14-12(13(14)15(16)17)9-6-10(18-2)8-11(7-9)19-3/h6-8,12-13H,4-5H2,1-3H3/t12-,13-,14?/m1/s1. The van der Waals surface area contributed by atoms with Gasteiger partial charge in [-0.1, -0.05) is 6.92 Å². The fourth-order valence-electron chi connectivity index (χ4n) is 2.39. The topological polar surface area (TPSA) is 64.6 Å². The van der Waals surface area contributed by atoms with Crippen LogP contribution >= 0.6 is 0 Å². The SMILES string of the molecule is CCCN1[C@H](c2cc(OC)cc(OC)c2)[C@H]1[N+](=O)[O-]. The third-order valence-corrected chi connectivity index (χ3v) is 3.30. The summed E-state index contributed by atoms with van der Waals surface area (Å²) < 4.78 is 10.4. The molecule has 19 heavy (non-hydrogen) atoms. The lowest BCUT2D eigenvalue weighted by atomic mass is 10.1. The maximum Gasteiger partial charge on any atom is 0.289 e. The highest BCUT2D eigenvalue weighted by Gasteiger charge is 2.58. The van der Waals surface area contributed by atoms with Gasteiger partial charge in [0.05, 0.1) is 14.2 Å². The average Bonchev–Trinajstić information content (AvgIpc) is 3.13. The van der Waals surface area contributed by atoms with Crippen molar-refractivity contribution in [2.75, 3.05) is 20.8 Å². The number of rotatable bonds is 6. The van der Waals surface area contributed by atoms with Gasteiger partial charge in [-0.05, 0) is 24.1 Å². The molecule has 1 aliphatic heterocycles. The van der Waals surface area contributed by atoms with Crippen molar-refractivity contribution in [3.05, 3.63) is 33.9 Å². The lowest BCUT2D eigenvalue weighted by Gasteiger charge is -2.07. The van der Waals surface area contributed by atoms with Crippen molar-refractivity contribution in [1.29, 1.82) is 0 Å². The van der Waals surface area contributed by atoms with Crippen LogP contribution in [0.2, 0.25) is 0 Å². The minimum Gasteiger partial charge on any atom is -0.497 e. The fourth-order valence-corrected chi connectivity index (χ4v) is 2.39. The largest absolute Gasteiger partial charge is 0.497 e. The van der Waals surface area contributed by atoms with E-state index < -0.39 is 6.17 Å². The quantitative estimate of drug-likeness (QED) is 0.448. The van der Waals surface area contributed by atoms with Gasteiger partial charge in [0.25, 0.3) is 6.17 Å². The minimum atomic E-state index is -0.628. The first-order valence-corrected chi connectivity index (χ1v) is 6.24. The molecule has 1 saturated heterocycles. The van der Waals surface area contributed by atoms with Crippen LogP contribution in [0.1, 0.15) is 24.9 Å². The molecule has 1 aliphatic rings. The highest BCUT2D eigenvalue weighted by Crippen LogP contribution is 2.45. The zero-order valence-corrected chi connectivity index (χ0v) is 11.3. The molecule has 6 nitrogen and oxygen atoms in total. The number of benzene rings is 1. The molecule has 1 aromatic rings. The van der Waals surface area contributed by atoms with Crippen LogP contribution in [0, 0.1) is 10.1 Å². The number of ether oxygens (including phenoxy) is 2. The van der Waals surface area contributed by atoms with Crippen LogP contribution in [0.25, 0.3) is 0 Å². The predicted octanol–water partition coefficient (Wildman–Crippen LogP) is 2.07. The average molecular weight is 266 g/mol. The van der Waals surface area contributed by atoms with E-state index in [9.17, 15) is 10.1 Å². The molecule has 0 radical (unpaired) electrons. The second kappa shape index (κ2) is 5.44. The first kappa shape index (κ1) is 13.6. The molecule has 0 amide bonds. The van der Waals surface area contributed by atoms with Crippen molar-refractivity contribution < 1.29 is 14.4 Å². The van der Waals surface area contributed by atoms with Crippen molar-refractivity contribution >= 4 is 0 Å². The molecular formula is C13H18N2O4. The maximum absolute atomic E-state index is 11.0. The summed E-state index contributed by atoms with van der Waals surface area (Å²) in [5.41, 5.74) is 0.867. The Morgan fingerprint density at radius 2 is 1.84 bits per heavy atom. The predicted molar refractivity (Wildman–Crippen MR) is 70.1 cm³/mol. The molecule has 0 aliphatic carbocycles. The number of nitrogens with zero attached hydrogens (tertiary/aromatic N) is 2. The lowest BCUT2D eigenvalue weighted by molar-refractivity contribution is -0.507. The van der Waals surface area contributed by atoms with Crippen LogP contribution in [0.15, 0.2) is 18.2 Å². The zero-order valence-electron chi connectivity index (χ0n) is 11.3. The van der Waals surface area contributed by atoms with Gasteiger partial charge >= 0.3 is 0 Å². The Morgan fingerprint density at radius 1 is 1.26 bits per heavy atom. The second-order valence-electron chi connectivity index (χ2n) is 4.53. The van der Waals surface area contributed by atoms with Crippen molar-refractivity contribution in [1.82, 2.24) is 4.90 Å². The number of nitro groups is 1. The van der Waals surface area contributed by atoms with Crippen molar-refractivity contribution in [3.63, 3.8) is 0 Å². The minimum absolute atomic E-state index is 0.182. The molecule has 0 bridgehead atoms. The molecular weight excluding hydrogens is 248 g/mol. The lowest BCUT2D eigenvalue weighted by Crippen LogP contribution is -2.10. The van der Waals surface area contributed by atoms with E-state index in [2.05, 4.69) is 0 Å². The van der Waals surface area contributed by atoms with Gasteiger partial charge in [-0.25, -0.2) is 4.90 Å². The monoisotopic (exact) mass is 266 g/mol. The number of hydrogen-bond donors (Lipinski definition) is 0. The Kier molecular flexibility index (Phi) is 3.90. The van der Waals surface area contributed by atoms with Crippen LogP contribution in [-0.4, -0.2) is 36.8 Å². The Balaban J connectivity index is 2.28. The van der Waals surface area contributed by atoms with Crippen LogP contribution in [0.4, 0.5) is 0 Å². The van der Waals surface area contributed by atoms with Gasteiger partial charge in [-0.2, -0.15) is 0 Å². The molecule has 1 unspecified atom stereocenters. The molecule has 0 N–H and O–H groups in total. The molecule has 104 valence electrons. The molecule has 0 saturated carbocycles. The molecule has 0 aromatic heterocycles. The van der Waals surface area contributed by atoms with E-state index in [1.807, 2.05) is 24.0 Å². The van der Waals surface area contributed by atoms with Crippen LogP contribution in [0.5, 0.6) is 11.5 Å². The Labute approximate surface area is 112 Å². The summed E-state index contributed by atoms with van der Waals surface area (Å²) in [5.74, 6) is 1.31. The Morgan fingerprint density at radius 3 is 2.26 bits per heavy atom. The van der Waals surface area contributed by atoms with E-state index in [0.717, 1.165) is 18.5 Å². The Bertz CT molecular complexity index is 455. The fraction of sp³-hybridized carbons (Fsp3) is 0.538. The first-order chi connectivity index (χ1) is 9.12. The van der Waals surface area contributed by atoms with Crippen molar-refractivity contribution in [2.24, 2.45) is 0 Å². The molecule has 1 aromatic carbocycles. The van der Waals surface area contributed by atoms with E-state index in [1.54, 1.807) is 20.3 Å². The number of methoxy groups -OCH3 is 2. The van der Waals surface area contributed by atoms with Crippen LogP contribution in [0.3, 0.4) is 0 Å². The van der Waals surface area contributed by atoms with Gasteiger partial charge in [0, 0.05) is 17.5 Å². The first-order valence-electron chi connectivity index (χ1n) is 6.24. The van der Waals surface area contributed by atoms with Gasteiger partial charge in [0.2, 0.25) is 0 Å². The Hall–Kier alpha value is -1.82. The summed E-state index contributed by atoms with van der Waals surface area (Å²) in [7, 11) is 3.14.